The van der Waals surface area contributed by atoms with Crippen LogP contribution in [0.3, 0.4) is 0 Å². The van der Waals surface area contributed by atoms with E-state index >= 15 is 0 Å². The number of carbonyl (C=O) groups excluding carboxylic acids is 1. The number of ether oxygens (including phenoxy) is 1. The van der Waals surface area contributed by atoms with Gasteiger partial charge in [-0.3, -0.25) is 5.32 Å². The fraction of sp³-hybridized carbons (Fsp3) is 0.562. The number of hydrogen-bond donors (Lipinski definition) is 2. The van der Waals surface area contributed by atoms with Gasteiger partial charge in [0.15, 0.2) is 0 Å². The second-order valence-electron chi connectivity index (χ2n) is 6.21. The normalized spacial score (nSPS) is 28.4. The van der Waals surface area contributed by atoms with Crippen molar-refractivity contribution < 1.29 is 9.53 Å². The quantitative estimate of drug-likeness (QED) is 0.822. The molecule has 1 aromatic rings. The summed E-state index contributed by atoms with van der Waals surface area (Å²) in [4.78, 5) is 14.5. The van der Waals surface area contributed by atoms with Crippen LogP contribution in [-0.2, 0) is 4.74 Å². The molecular formula is C16H23N3O2. The molecule has 21 heavy (non-hydrogen) atoms. The molecule has 5 heteroatoms. The number of amides is 1. The van der Waals surface area contributed by atoms with Gasteiger partial charge in [0.2, 0.25) is 0 Å². The number of carbonyl (C=O) groups is 1. The standard InChI is InChI=1S/C16H23N3O2/c1-10-4-3-5-14(17)15(10)18-16(20)21-13-8-11-6-7-12(9-13)19(11)2/h3-5,11-13H,6-9,17H2,1-2H3,(H,18,20). The Morgan fingerprint density at radius 3 is 2.62 bits per heavy atom. The minimum atomic E-state index is -0.398. The van der Waals surface area contributed by atoms with E-state index in [9.17, 15) is 4.79 Å². The number of nitrogens with zero attached hydrogens (tertiary/aromatic N) is 1. The molecule has 3 N–H and O–H groups in total. The molecule has 0 aromatic heterocycles. The van der Waals surface area contributed by atoms with Crippen molar-refractivity contribution in [1.29, 1.82) is 0 Å². The first-order chi connectivity index (χ1) is 10.0. The van der Waals surface area contributed by atoms with Gasteiger partial charge >= 0.3 is 6.09 Å². The molecule has 2 saturated heterocycles. The Morgan fingerprint density at radius 1 is 1.33 bits per heavy atom. The van der Waals surface area contributed by atoms with Gasteiger partial charge in [-0.25, -0.2) is 4.79 Å². The number of rotatable bonds is 2. The minimum Gasteiger partial charge on any atom is -0.446 e. The summed E-state index contributed by atoms with van der Waals surface area (Å²) in [6, 6.07) is 6.69. The molecule has 2 bridgehead atoms. The van der Waals surface area contributed by atoms with E-state index in [-0.39, 0.29) is 6.10 Å². The lowest BCUT2D eigenvalue weighted by atomic mass is 10.0. The van der Waals surface area contributed by atoms with Crippen LogP contribution in [-0.4, -0.2) is 36.2 Å². The van der Waals surface area contributed by atoms with E-state index < -0.39 is 6.09 Å². The van der Waals surface area contributed by atoms with Crippen molar-refractivity contribution in [3.63, 3.8) is 0 Å². The van der Waals surface area contributed by atoms with E-state index in [1.807, 2.05) is 19.1 Å². The highest BCUT2D eigenvalue weighted by Gasteiger charge is 2.39. The zero-order valence-corrected chi connectivity index (χ0v) is 12.6. The van der Waals surface area contributed by atoms with Gasteiger partial charge in [-0.2, -0.15) is 0 Å². The van der Waals surface area contributed by atoms with Crippen molar-refractivity contribution >= 4 is 17.5 Å². The number of nitrogens with one attached hydrogen (secondary N) is 1. The van der Waals surface area contributed by atoms with Gasteiger partial charge in [0.1, 0.15) is 6.10 Å². The maximum Gasteiger partial charge on any atom is 0.411 e. The number of piperidine rings is 1. The summed E-state index contributed by atoms with van der Waals surface area (Å²) in [7, 11) is 2.17. The highest BCUT2D eigenvalue weighted by molar-refractivity contribution is 5.90. The van der Waals surface area contributed by atoms with Gasteiger partial charge in [0.25, 0.3) is 0 Å². The second-order valence-corrected chi connectivity index (χ2v) is 6.21. The first-order valence-corrected chi connectivity index (χ1v) is 7.59. The van der Waals surface area contributed by atoms with Crippen LogP contribution in [0.1, 0.15) is 31.2 Å². The number of benzene rings is 1. The van der Waals surface area contributed by atoms with E-state index in [1.54, 1.807) is 6.07 Å². The first kappa shape index (κ1) is 14.2. The number of para-hydroxylation sites is 1. The number of nitrogens with two attached hydrogens (primary N) is 1. The van der Waals surface area contributed by atoms with Gasteiger partial charge in [-0.05, 0) is 38.4 Å². The monoisotopic (exact) mass is 289 g/mol. The van der Waals surface area contributed by atoms with Crippen LogP contribution in [0.15, 0.2) is 18.2 Å². The van der Waals surface area contributed by atoms with Crippen LogP contribution in [0, 0.1) is 6.92 Å². The van der Waals surface area contributed by atoms with E-state index in [0.717, 1.165) is 18.4 Å². The summed E-state index contributed by atoms with van der Waals surface area (Å²) < 4.78 is 5.60. The third kappa shape index (κ3) is 2.83. The van der Waals surface area contributed by atoms with Crippen LogP contribution in [0.25, 0.3) is 0 Å². The van der Waals surface area contributed by atoms with Crippen molar-refractivity contribution in [3.8, 4) is 0 Å². The average molecular weight is 289 g/mol. The molecular weight excluding hydrogens is 266 g/mol. The van der Waals surface area contributed by atoms with Crippen molar-refractivity contribution in [2.24, 2.45) is 0 Å². The van der Waals surface area contributed by atoms with Crippen molar-refractivity contribution in [2.75, 3.05) is 18.1 Å². The first-order valence-electron chi connectivity index (χ1n) is 7.59. The molecule has 3 rings (SSSR count). The molecule has 1 amide bonds. The van der Waals surface area contributed by atoms with Gasteiger partial charge in [0, 0.05) is 24.9 Å². The smallest absolute Gasteiger partial charge is 0.411 e. The fourth-order valence-electron chi connectivity index (χ4n) is 3.60. The lowest BCUT2D eigenvalue weighted by Crippen LogP contribution is -2.43. The summed E-state index contributed by atoms with van der Waals surface area (Å²) >= 11 is 0. The Balaban J connectivity index is 1.60. The third-order valence-corrected chi connectivity index (χ3v) is 4.86. The lowest BCUT2D eigenvalue weighted by molar-refractivity contribution is 0.0348. The zero-order chi connectivity index (χ0) is 15.0. The highest BCUT2D eigenvalue weighted by Crippen LogP contribution is 2.35. The summed E-state index contributed by atoms with van der Waals surface area (Å²) in [5, 5.41) is 2.79. The number of anilines is 2. The SMILES string of the molecule is Cc1cccc(N)c1NC(=O)OC1CC2CCC(C1)N2C. The zero-order valence-electron chi connectivity index (χ0n) is 12.6. The second kappa shape index (κ2) is 5.56. The molecule has 2 aliphatic heterocycles. The Bertz CT molecular complexity index is 512. The van der Waals surface area contributed by atoms with Crippen LogP contribution in [0.2, 0.25) is 0 Å². The summed E-state index contributed by atoms with van der Waals surface area (Å²) in [6.07, 6.45) is 3.92. The van der Waals surface area contributed by atoms with Crippen molar-refractivity contribution in [2.45, 2.75) is 50.8 Å². The molecule has 2 atom stereocenters. The number of hydrogen-bond acceptors (Lipinski definition) is 4. The molecule has 0 aliphatic carbocycles. The molecule has 1 aromatic carbocycles. The van der Waals surface area contributed by atoms with Crippen molar-refractivity contribution in [3.05, 3.63) is 23.8 Å². The molecule has 114 valence electrons. The van der Waals surface area contributed by atoms with Gasteiger partial charge in [-0.15, -0.1) is 0 Å². The Morgan fingerprint density at radius 2 is 2.00 bits per heavy atom. The molecule has 2 unspecified atom stereocenters. The summed E-state index contributed by atoms with van der Waals surface area (Å²) in [5.41, 5.74) is 8.05. The fourth-order valence-corrected chi connectivity index (χ4v) is 3.60. The van der Waals surface area contributed by atoms with E-state index in [4.69, 9.17) is 10.5 Å². The average Bonchev–Trinajstić information content (AvgIpc) is 2.65. The molecule has 0 spiro atoms. The number of aryl methyl sites for hydroxylation is 1. The van der Waals surface area contributed by atoms with Gasteiger partial charge in [0.05, 0.1) is 11.4 Å². The van der Waals surface area contributed by atoms with Crippen LogP contribution < -0.4 is 11.1 Å². The Kier molecular flexibility index (Phi) is 3.76. The lowest BCUT2D eigenvalue weighted by Gasteiger charge is -2.35. The predicted molar refractivity (Wildman–Crippen MR) is 83.3 cm³/mol. The van der Waals surface area contributed by atoms with Crippen LogP contribution in [0.5, 0.6) is 0 Å². The largest absolute Gasteiger partial charge is 0.446 e. The summed E-state index contributed by atoms with van der Waals surface area (Å²) in [5.74, 6) is 0. The predicted octanol–water partition coefficient (Wildman–Crippen LogP) is 2.75. The maximum absolute atomic E-state index is 12.1. The van der Waals surface area contributed by atoms with Crippen LogP contribution in [0.4, 0.5) is 16.2 Å². The molecule has 2 heterocycles. The van der Waals surface area contributed by atoms with E-state index in [2.05, 4.69) is 17.3 Å². The molecule has 5 nitrogen and oxygen atoms in total. The number of nitrogen functional groups attached to an aromatic ring is 1. The highest BCUT2D eigenvalue weighted by atomic mass is 16.6. The third-order valence-electron chi connectivity index (χ3n) is 4.86. The molecule has 2 fully saturated rings. The molecule has 0 radical (unpaired) electrons. The minimum absolute atomic E-state index is 0.0175. The maximum atomic E-state index is 12.1. The topological polar surface area (TPSA) is 67.6 Å². The number of fused-ring (bicyclic) bond motifs is 2. The molecule has 2 aliphatic rings. The van der Waals surface area contributed by atoms with Crippen LogP contribution >= 0.6 is 0 Å². The van der Waals surface area contributed by atoms with Gasteiger partial charge < -0.3 is 15.4 Å². The van der Waals surface area contributed by atoms with E-state index in [0.29, 0.717) is 23.5 Å². The van der Waals surface area contributed by atoms with Gasteiger partial charge in [-0.1, -0.05) is 12.1 Å². The van der Waals surface area contributed by atoms with E-state index in [1.165, 1.54) is 12.8 Å². The Labute approximate surface area is 125 Å². The molecule has 0 saturated carbocycles. The Hall–Kier alpha value is -1.75. The summed E-state index contributed by atoms with van der Waals surface area (Å²) in [6.45, 7) is 1.92. The van der Waals surface area contributed by atoms with Crippen molar-refractivity contribution in [1.82, 2.24) is 4.90 Å².